The van der Waals surface area contributed by atoms with Crippen molar-refractivity contribution in [1.82, 2.24) is 10.2 Å². The minimum atomic E-state index is -0.494. The molecule has 32 heavy (non-hydrogen) atoms. The number of benzene rings is 2. The molecule has 1 N–H and O–H groups in total. The Bertz CT molecular complexity index is 897. The maximum Gasteiger partial charge on any atom is 0.242 e. The van der Waals surface area contributed by atoms with Gasteiger partial charge < -0.3 is 10.2 Å². The second-order valence-corrected chi connectivity index (χ2v) is 10.1. The molecule has 1 aliphatic rings. The Hall–Kier alpha value is -1.98. The largest absolute Gasteiger partial charge is 0.352 e. The van der Waals surface area contributed by atoms with Crippen molar-refractivity contribution in [1.29, 1.82) is 0 Å². The van der Waals surface area contributed by atoms with E-state index in [1.165, 1.54) is 0 Å². The molecule has 1 fully saturated rings. The van der Waals surface area contributed by atoms with Gasteiger partial charge in [-0.2, -0.15) is 0 Å². The molecule has 0 spiro atoms. The van der Waals surface area contributed by atoms with Gasteiger partial charge in [-0.05, 0) is 74.3 Å². The van der Waals surface area contributed by atoms with Crippen molar-refractivity contribution in [3.05, 3.63) is 64.7 Å². The van der Waals surface area contributed by atoms with Gasteiger partial charge in [-0.25, -0.2) is 0 Å². The zero-order valence-corrected chi connectivity index (χ0v) is 20.6. The highest BCUT2D eigenvalue weighted by Gasteiger charge is 2.28. The predicted molar refractivity (Wildman–Crippen MR) is 133 cm³/mol. The fraction of sp³-hybridized carbons (Fsp3) is 0.462. The minimum Gasteiger partial charge on any atom is -0.352 e. The van der Waals surface area contributed by atoms with Gasteiger partial charge in [0, 0.05) is 28.9 Å². The molecule has 3 rings (SSSR count). The highest BCUT2D eigenvalue weighted by molar-refractivity contribution is 7.99. The molecule has 1 aliphatic carbocycles. The lowest BCUT2D eigenvalue weighted by Crippen LogP contribution is -2.49. The summed E-state index contributed by atoms with van der Waals surface area (Å²) < 4.78 is 0. The smallest absolute Gasteiger partial charge is 0.242 e. The summed E-state index contributed by atoms with van der Waals surface area (Å²) >= 11 is 7.66. The Balaban J connectivity index is 1.60. The molecule has 0 aliphatic heterocycles. The van der Waals surface area contributed by atoms with Crippen LogP contribution >= 0.6 is 23.4 Å². The number of thioether (sulfide) groups is 1. The van der Waals surface area contributed by atoms with Crippen LogP contribution in [0.25, 0.3) is 0 Å². The third-order valence-electron chi connectivity index (χ3n) is 6.09. The van der Waals surface area contributed by atoms with E-state index in [0.717, 1.165) is 58.9 Å². The molecule has 1 saturated carbocycles. The van der Waals surface area contributed by atoms with Gasteiger partial charge in [-0.3, -0.25) is 9.59 Å². The van der Waals surface area contributed by atoms with Crippen molar-refractivity contribution < 1.29 is 9.59 Å². The Kier molecular flexibility index (Phi) is 9.49. The summed E-state index contributed by atoms with van der Waals surface area (Å²) in [6.45, 7) is 4.35. The van der Waals surface area contributed by atoms with Crippen LogP contribution in [0, 0.1) is 6.92 Å². The Morgan fingerprint density at radius 1 is 1.12 bits per heavy atom. The molecule has 0 heterocycles. The molecule has 4 nitrogen and oxygen atoms in total. The number of aryl methyl sites for hydroxylation is 1. The van der Waals surface area contributed by atoms with E-state index in [2.05, 4.69) is 5.32 Å². The molecule has 0 unspecified atom stereocenters. The Morgan fingerprint density at radius 3 is 2.50 bits per heavy atom. The SMILES string of the molecule is Cc1ccccc1CN(C(=O)CCCSc1ccc(Cl)cc1)[C@@H](C)C(=O)NC1CCCC1. The lowest BCUT2D eigenvalue weighted by atomic mass is 10.1. The fourth-order valence-electron chi connectivity index (χ4n) is 4.03. The molecule has 0 saturated heterocycles. The summed E-state index contributed by atoms with van der Waals surface area (Å²) in [5.41, 5.74) is 2.21. The number of hydrogen-bond donors (Lipinski definition) is 1. The summed E-state index contributed by atoms with van der Waals surface area (Å²) in [4.78, 5) is 29.1. The molecule has 6 heteroatoms. The second kappa shape index (κ2) is 12.3. The average Bonchev–Trinajstić information content (AvgIpc) is 3.30. The molecule has 2 aromatic carbocycles. The summed E-state index contributed by atoms with van der Waals surface area (Å²) in [5.74, 6) is 0.822. The predicted octanol–water partition coefficient (Wildman–Crippen LogP) is 6.00. The van der Waals surface area contributed by atoms with Crippen LogP contribution in [0.2, 0.25) is 5.02 Å². The van der Waals surface area contributed by atoms with Crippen molar-refractivity contribution in [3.8, 4) is 0 Å². The number of carbonyl (C=O) groups excluding carboxylic acids is 2. The number of halogens is 1. The highest BCUT2D eigenvalue weighted by Crippen LogP contribution is 2.23. The first-order valence-corrected chi connectivity index (χ1v) is 12.8. The van der Waals surface area contributed by atoms with E-state index in [9.17, 15) is 9.59 Å². The van der Waals surface area contributed by atoms with E-state index in [1.807, 2.05) is 62.4 Å². The van der Waals surface area contributed by atoms with Crippen LogP contribution in [0.15, 0.2) is 53.4 Å². The molecule has 172 valence electrons. The maximum atomic E-state index is 13.2. The number of hydrogen-bond acceptors (Lipinski definition) is 3. The lowest BCUT2D eigenvalue weighted by molar-refractivity contribution is -0.140. The monoisotopic (exact) mass is 472 g/mol. The first-order valence-electron chi connectivity index (χ1n) is 11.5. The van der Waals surface area contributed by atoms with Crippen molar-refractivity contribution in [2.45, 2.75) is 75.9 Å². The lowest BCUT2D eigenvalue weighted by Gasteiger charge is -2.30. The van der Waals surface area contributed by atoms with Crippen molar-refractivity contribution in [2.75, 3.05) is 5.75 Å². The Morgan fingerprint density at radius 2 is 1.81 bits per heavy atom. The maximum absolute atomic E-state index is 13.2. The molecule has 2 amide bonds. The minimum absolute atomic E-state index is 0.0269. The van der Waals surface area contributed by atoms with Gasteiger partial charge in [0.05, 0.1) is 0 Å². The number of nitrogens with zero attached hydrogens (tertiary/aromatic N) is 1. The number of nitrogens with one attached hydrogen (secondary N) is 1. The number of amides is 2. The molecule has 1 atom stereocenters. The van der Waals surface area contributed by atoms with Crippen LogP contribution < -0.4 is 5.32 Å². The van der Waals surface area contributed by atoms with Gasteiger partial charge in [-0.1, -0.05) is 48.7 Å². The van der Waals surface area contributed by atoms with Crippen LogP contribution in [0.3, 0.4) is 0 Å². The molecular formula is C26H33ClN2O2S. The van der Waals surface area contributed by atoms with Crippen molar-refractivity contribution in [3.63, 3.8) is 0 Å². The Labute approximate surface area is 201 Å². The fourth-order valence-corrected chi connectivity index (χ4v) is 5.01. The van der Waals surface area contributed by atoms with E-state index < -0.39 is 6.04 Å². The zero-order valence-electron chi connectivity index (χ0n) is 19.0. The van der Waals surface area contributed by atoms with Gasteiger partial charge in [-0.15, -0.1) is 11.8 Å². The highest BCUT2D eigenvalue weighted by atomic mass is 35.5. The molecule has 0 aromatic heterocycles. The van der Waals surface area contributed by atoms with Gasteiger partial charge in [0.15, 0.2) is 0 Å². The van der Waals surface area contributed by atoms with Crippen LogP contribution in [-0.2, 0) is 16.1 Å². The van der Waals surface area contributed by atoms with E-state index in [0.29, 0.717) is 13.0 Å². The van der Waals surface area contributed by atoms with Crippen molar-refractivity contribution >= 4 is 35.2 Å². The van der Waals surface area contributed by atoms with Crippen molar-refractivity contribution in [2.24, 2.45) is 0 Å². The van der Waals surface area contributed by atoms with Crippen LogP contribution in [0.5, 0.6) is 0 Å². The van der Waals surface area contributed by atoms with E-state index >= 15 is 0 Å². The van der Waals surface area contributed by atoms with Gasteiger partial charge in [0.2, 0.25) is 11.8 Å². The standard InChI is InChI=1S/C26H33ClN2O2S/c1-19-8-3-4-9-21(19)18-29(20(2)26(31)28-23-10-5-6-11-23)25(30)12-7-17-32-24-15-13-22(27)14-16-24/h3-4,8-9,13-16,20,23H,5-7,10-12,17-18H2,1-2H3,(H,28,31)/t20-/m0/s1. The van der Waals surface area contributed by atoms with Crippen LogP contribution in [0.1, 0.15) is 56.6 Å². The number of rotatable bonds is 10. The summed E-state index contributed by atoms with van der Waals surface area (Å²) in [6, 6.07) is 15.6. The molecular weight excluding hydrogens is 440 g/mol. The van der Waals surface area contributed by atoms with Gasteiger partial charge >= 0.3 is 0 Å². The zero-order chi connectivity index (χ0) is 22.9. The number of carbonyl (C=O) groups is 2. The third-order valence-corrected chi connectivity index (χ3v) is 7.44. The normalized spacial score (nSPS) is 14.8. The van der Waals surface area contributed by atoms with Crippen LogP contribution in [0.4, 0.5) is 0 Å². The van der Waals surface area contributed by atoms with Gasteiger partial charge in [0.1, 0.15) is 6.04 Å². The third kappa shape index (κ3) is 7.28. The summed E-state index contributed by atoms with van der Waals surface area (Å²) in [6.07, 6.45) is 5.58. The topological polar surface area (TPSA) is 49.4 Å². The summed E-state index contributed by atoms with van der Waals surface area (Å²) in [7, 11) is 0. The first-order chi connectivity index (χ1) is 15.4. The second-order valence-electron chi connectivity index (χ2n) is 8.52. The quantitative estimate of drug-likeness (QED) is 0.341. The molecule has 0 radical (unpaired) electrons. The van der Waals surface area contributed by atoms with Gasteiger partial charge in [0.25, 0.3) is 0 Å². The molecule has 0 bridgehead atoms. The van der Waals surface area contributed by atoms with E-state index in [-0.39, 0.29) is 17.9 Å². The van der Waals surface area contributed by atoms with E-state index in [4.69, 9.17) is 11.6 Å². The van der Waals surface area contributed by atoms with E-state index in [1.54, 1.807) is 16.7 Å². The first kappa shape index (κ1) is 24.7. The van der Waals surface area contributed by atoms with Crippen LogP contribution in [-0.4, -0.2) is 34.6 Å². The summed E-state index contributed by atoms with van der Waals surface area (Å²) in [5, 5.41) is 3.88. The average molecular weight is 473 g/mol. The molecule has 2 aromatic rings.